The zero-order valence-electron chi connectivity index (χ0n) is 9.55. The van der Waals surface area contributed by atoms with E-state index in [9.17, 15) is 4.79 Å². The SMILES string of the molecule is O=C(O)c1cn(Cc2csc(-c3ccco3)n2)nn1. The average molecular weight is 276 g/mol. The molecule has 0 atom stereocenters. The lowest BCUT2D eigenvalue weighted by Gasteiger charge is -1.94. The highest BCUT2D eigenvalue weighted by Crippen LogP contribution is 2.24. The quantitative estimate of drug-likeness (QED) is 0.780. The van der Waals surface area contributed by atoms with E-state index in [0.29, 0.717) is 12.3 Å². The lowest BCUT2D eigenvalue weighted by Crippen LogP contribution is -2.00. The van der Waals surface area contributed by atoms with Gasteiger partial charge in [0.15, 0.2) is 16.5 Å². The topological polar surface area (TPSA) is 94.0 Å². The van der Waals surface area contributed by atoms with E-state index in [1.165, 1.54) is 22.2 Å². The van der Waals surface area contributed by atoms with Crippen molar-refractivity contribution in [2.75, 3.05) is 0 Å². The smallest absolute Gasteiger partial charge is 0.358 e. The van der Waals surface area contributed by atoms with Crippen LogP contribution in [0.1, 0.15) is 16.2 Å². The van der Waals surface area contributed by atoms with Crippen molar-refractivity contribution < 1.29 is 14.3 Å². The molecule has 3 heterocycles. The van der Waals surface area contributed by atoms with Crippen LogP contribution in [0.4, 0.5) is 0 Å². The van der Waals surface area contributed by atoms with E-state index in [-0.39, 0.29) is 5.69 Å². The van der Waals surface area contributed by atoms with Gasteiger partial charge < -0.3 is 9.52 Å². The molecule has 1 N–H and O–H groups in total. The number of rotatable bonds is 4. The molecule has 0 unspecified atom stereocenters. The van der Waals surface area contributed by atoms with Crippen LogP contribution in [0.5, 0.6) is 0 Å². The molecule has 0 saturated heterocycles. The summed E-state index contributed by atoms with van der Waals surface area (Å²) in [4.78, 5) is 15.1. The van der Waals surface area contributed by atoms with Crippen LogP contribution in [0.2, 0.25) is 0 Å². The number of nitrogens with zero attached hydrogens (tertiary/aromatic N) is 4. The highest BCUT2D eigenvalue weighted by atomic mass is 32.1. The average Bonchev–Trinajstić information content (AvgIpc) is 3.09. The fourth-order valence-electron chi connectivity index (χ4n) is 1.53. The van der Waals surface area contributed by atoms with Crippen LogP contribution in [0, 0.1) is 0 Å². The molecule has 3 aromatic rings. The summed E-state index contributed by atoms with van der Waals surface area (Å²) in [5.74, 6) is -0.387. The minimum Gasteiger partial charge on any atom is -0.476 e. The molecule has 0 radical (unpaired) electrons. The van der Waals surface area contributed by atoms with Gasteiger partial charge in [-0.05, 0) is 12.1 Å². The molecule has 0 aliphatic rings. The minimum absolute atomic E-state index is 0.0820. The Bertz CT molecular complexity index is 701. The zero-order valence-corrected chi connectivity index (χ0v) is 10.4. The van der Waals surface area contributed by atoms with E-state index in [1.807, 2.05) is 11.4 Å². The maximum atomic E-state index is 10.7. The molecule has 3 rings (SSSR count). The highest BCUT2D eigenvalue weighted by molar-refractivity contribution is 7.13. The molecule has 19 heavy (non-hydrogen) atoms. The van der Waals surface area contributed by atoms with Gasteiger partial charge in [-0.2, -0.15) is 0 Å². The third-order valence-electron chi connectivity index (χ3n) is 2.37. The monoisotopic (exact) mass is 276 g/mol. The Balaban J connectivity index is 1.78. The molecule has 0 aliphatic carbocycles. The van der Waals surface area contributed by atoms with Gasteiger partial charge in [0, 0.05) is 5.38 Å². The predicted octanol–water partition coefficient (Wildman–Crippen LogP) is 1.74. The largest absolute Gasteiger partial charge is 0.476 e. The molecule has 3 aromatic heterocycles. The van der Waals surface area contributed by atoms with Crippen LogP contribution in [-0.4, -0.2) is 31.1 Å². The van der Waals surface area contributed by atoms with E-state index in [4.69, 9.17) is 9.52 Å². The molecule has 0 bridgehead atoms. The molecule has 7 nitrogen and oxygen atoms in total. The predicted molar refractivity (Wildman–Crippen MR) is 65.9 cm³/mol. The number of aromatic carboxylic acids is 1. The van der Waals surface area contributed by atoms with Crippen molar-refractivity contribution in [2.24, 2.45) is 0 Å². The second-order valence-corrected chi connectivity index (χ2v) is 4.59. The summed E-state index contributed by atoms with van der Waals surface area (Å²) in [6.45, 7) is 0.373. The summed E-state index contributed by atoms with van der Waals surface area (Å²) >= 11 is 1.46. The van der Waals surface area contributed by atoms with Crippen LogP contribution >= 0.6 is 11.3 Å². The van der Waals surface area contributed by atoms with Gasteiger partial charge in [-0.15, -0.1) is 16.4 Å². The van der Waals surface area contributed by atoms with E-state index in [2.05, 4.69) is 15.3 Å². The molecule has 8 heteroatoms. The second kappa shape index (κ2) is 4.65. The number of aromatic nitrogens is 4. The molecular weight excluding hydrogens is 268 g/mol. The van der Waals surface area contributed by atoms with Crippen molar-refractivity contribution in [3.8, 4) is 10.8 Å². The Morgan fingerprint density at radius 2 is 2.42 bits per heavy atom. The summed E-state index contributed by atoms with van der Waals surface area (Å²) in [7, 11) is 0. The van der Waals surface area contributed by atoms with Crippen molar-refractivity contribution in [2.45, 2.75) is 6.54 Å². The number of carbonyl (C=O) groups is 1. The van der Waals surface area contributed by atoms with Crippen LogP contribution in [0.3, 0.4) is 0 Å². The van der Waals surface area contributed by atoms with E-state index < -0.39 is 5.97 Å². The second-order valence-electron chi connectivity index (χ2n) is 3.73. The molecule has 0 saturated carbocycles. The van der Waals surface area contributed by atoms with Gasteiger partial charge in [0.25, 0.3) is 0 Å². The van der Waals surface area contributed by atoms with Gasteiger partial charge in [-0.25, -0.2) is 14.5 Å². The number of hydrogen-bond acceptors (Lipinski definition) is 6. The van der Waals surface area contributed by atoms with Crippen molar-refractivity contribution in [1.82, 2.24) is 20.0 Å². The lowest BCUT2D eigenvalue weighted by molar-refractivity contribution is 0.0690. The first-order valence-electron chi connectivity index (χ1n) is 5.34. The maximum Gasteiger partial charge on any atom is 0.358 e. The Kier molecular flexibility index (Phi) is 2.84. The fraction of sp³-hybridized carbons (Fsp3) is 0.0909. The van der Waals surface area contributed by atoms with Gasteiger partial charge in [0.1, 0.15) is 0 Å². The molecule has 0 spiro atoms. The summed E-state index contributed by atoms with van der Waals surface area (Å²) in [6, 6.07) is 3.63. The summed E-state index contributed by atoms with van der Waals surface area (Å²) < 4.78 is 6.69. The zero-order chi connectivity index (χ0) is 13.2. The molecular formula is C11H8N4O3S. The Hall–Kier alpha value is -2.48. The van der Waals surface area contributed by atoms with E-state index >= 15 is 0 Å². The first-order chi connectivity index (χ1) is 9.22. The van der Waals surface area contributed by atoms with Crippen LogP contribution < -0.4 is 0 Å². The number of carboxylic acids is 1. The van der Waals surface area contributed by atoms with Crippen molar-refractivity contribution >= 4 is 17.3 Å². The van der Waals surface area contributed by atoms with Crippen LogP contribution in [-0.2, 0) is 6.54 Å². The third-order valence-corrected chi connectivity index (χ3v) is 3.27. The standard InChI is InChI=1S/C11H8N4O3S/c16-11(17)8-5-15(14-13-8)4-7-6-19-10(12-7)9-2-1-3-18-9/h1-3,5-6H,4H2,(H,16,17). The fourth-order valence-corrected chi connectivity index (χ4v) is 2.31. The number of carboxylic acid groups (broad SMARTS) is 1. The minimum atomic E-state index is -1.10. The van der Waals surface area contributed by atoms with Gasteiger partial charge >= 0.3 is 5.97 Å². The maximum absolute atomic E-state index is 10.7. The van der Waals surface area contributed by atoms with Crippen molar-refractivity contribution in [1.29, 1.82) is 0 Å². The molecule has 0 aliphatic heterocycles. The van der Waals surface area contributed by atoms with Gasteiger partial charge in [0.05, 0.1) is 24.7 Å². The van der Waals surface area contributed by atoms with E-state index in [1.54, 1.807) is 12.3 Å². The van der Waals surface area contributed by atoms with Crippen molar-refractivity contribution in [3.63, 3.8) is 0 Å². The van der Waals surface area contributed by atoms with E-state index in [0.717, 1.165) is 10.7 Å². The normalized spacial score (nSPS) is 10.7. The van der Waals surface area contributed by atoms with Crippen molar-refractivity contribution in [3.05, 3.63) is 41.4 Å². The number of furan rings is 1. The first-order valence-corrected chi connectivity index (χ1v) is 6.22. The molecule has 0 amide bonds. The van der Waals surface area contributed by atoms with Crippen LogP contribution in [0.15, 0.2) is 34.4 Å². The Morgan fingerprint density at radius 3 is 3.11 bits per heavy atom. The van der Waals surface area contributed by atoms with Crippen LogP contribution in [0.25, 0.3) is 10.8 Å². The Morgan fingerprint density at radius 1 is 1.53 bits per heavy atom. The van der Waals surface area contributed by atoms with Gasteiger partial charge in [-0.1, -0.05) is 5.21 Å². The number of hydrogen-bond donors (Lipinski definition) is 1. The lowest BCUT2D eigenvalue weighted by atomic mass is 10.4. The highest BCUT2D eigenvalue weighted by Gasteiger charge is 2.11. The number of thiazole rings is 1. The Labute approximate surface area is 111 Å². The van der Waals surface area contributed by atoms with Gasteiger partial charge in [-0.3, -0.25) is 0 Å². The molecule has 0 fully saturated rings. The van der Waals surface area contributed by atoms with Gasteiger partial charge in [0.2, 0.25) is 0 Å². The first kappa shape index (κ1) is 11.6. The summed E-state index contributed by atoms with van der Waals surface area (Å²) in [5, 5.41) is 18.7. The summed E-state index contributed by atoms with van der Waals surface area (Å²) in [5.41, 5.74) is 0.694. The third kappa shape index (κ3) is 2.38. The molecule has 0 aromatic carbocycles. The summed E-state index contributed by atoms with van der Waals surface area (Å²) in [6.07, 6.45) is 2.96. The molecule has 96 valence electrons.